The SMILES string of the molecule is C[C@H](NC(=O)c1ccccc1Cl)C(=O)NNC(=O)c1ccc(-c2ccc(F)cc2)s1. The molecule has 30 heavy (non-hydrogen) atoms. The smallest absolute Gasteiger partial charge is 0.279 e. The Morgan fingerprint density at radius 3 is 2.33 bits per heavy atom. The normalized spacial score (nSPS) is 11.4. The lowest BCUT2D eigenvalue weighted by molar-refractivity contribution is -0.123. The largest absolute Gasteiger partial charge is 0.340 e. The van der Waals surface area contributed by atoms with Gasteiger partial charge in [-0.15, -0.1) is 11.3 Å². The summed E-state index contributed by atoms with van der Waals surface area (Å²) in [6.07, 6.45) is 0. The van der Waals surface area contributed by atoms with E-state index in [0.717, 1.165) is 10.4 Å². The van der Waals surface area contributed by atoms with E-state index < -0.39 is 23.8 Å². The molecule has 3 amide bonds. The Morgan fingerprint density at radius 1 is 0.933 bits per heavy atom. The number of halogens is 2. The summed E-state index contributed by atoms with van der Waals surface area (Å²) < 4.78 is 13.0. The highest BCUT2D eigenvalue weighted by Gasteiger charge is 2.19. The van der Waals surface area contributed by atoms with Crippen LogP contribution in [-0.4, -0.2) is 23.8 Å². The average Bonchev–Trinajstić information content (AvgIpc) is 3.22. The quantitative estimate of drug-likeness (QED) is 0.522. The zero-order chi connectivity index (χ0) is 21.7. The Kier molecular flexibility index (Phi) is 6.81. The highest BCUT2D eigenvalue weighted by atomic mass is 35.5. The molecule has 0 spiro atoms. The van der Waals surface area contributed by atoms with Crippen LogP contribution in [0, 0.1) is 5.82 Å². The first-order chi connectivity index (χ1) is 14.3. The standard InChI is InChI=1S/C21H17ClFN3O3S/c1-12(24-20(28)15-4-2-3-5-16(15)22)19(27)25-26-21(29)18-11-10-17(30-18)13-6-8-14(23)9-7-13/h2-12H,1H3,(H,24,28)(H,25,27)(H,26,29)/t12-/m0/s1. The summed E-state index contributed by atoms with van der Waals surface area (Å²) in [5, 5.41) is 2.78. The van der Waals surface area contributed by atoms with Crippen LogP contribution >= 0.6 is 22.9 Å². The van der Waals surface area contributed by atoms with Crippen molar-refractivity contribution in [2.45, 2.75) is 13.0 Å². The van der Waals surface area contributed by atoms with Gasteiger partial charge in [0, 0.05) is 4.88 Å². The molecule has 3 rings (SSSR count). The summed E-state index contributed by atoms with van der Waals surface area (Å²) in [7, 11) is 0. The van der Waals surface area contributed by atoms with Crippen molar-refractivity contribution < 1.29 is 18.8 Å². The van der Waals surface area contributed by atoms with Gasteiger partial charge in [-0.1, -0.05) is 35.9 Å². The number of benzene rings is 2. The molecule has 0 aliphatic carbocycles. The lowest BCUT2D eigenvalue weighted by Gasteiger charge is -2.15. The molecular weight excluding hydrogens is 429 g/mol. The van der Waals surface area contributed by atoms with E-state index in [-0.39, 0.29) is 16.4 Å². The van der Waals surface area contributed by atoms with Crippen LogP contribution in [0.5, 0.6) is 0 Å². The van der Waals surface area contributed by atoms with E-state index >= 15 is 0 Å². The number of hydrogen-bond donors (Lipinski definition) is 3. The van der Waals surface area contributed by atoms with Gasteiger partial charge in [0.05, 0.1) is 15.5 Å². The Morgan fingerprint density at radius 2 is 1.63 bits per heavy atom. The second-order valence-electron chi connectivity index (χ2n) is 6.29. The molecule has 0 bridgehead atoms. The summed E-state index contributed by atoms with van der Waals surface area (Å²) in [5.41, 5.74) is 5.62. The number of amides is 3. The zero-order valence-electron chi connectivity index (χ0n) is 15.7. The molecule has 0 saturated heterocycles. The summed E-state index contributed by atoms with van der Waals surface area (Å²) >= 11 is 7.17. The van der Waals surface area contributed by atoms with Crippen molar-refractivity contribution >= 4 is 40.7 Å². The van der Waals surface area contributed by atoms with E-state index in [4.69, 9.17) is 11.6 Å². The Bertz CT molecular complexity index is 1090. The molecule has 0 aliphatic rings. The third-order valence-corrected chi connectivity index (χ3v) is 5.58. The van der Waals surface area contributed by atoms with Gasteiger partial charge >= 0.3 is 0 Å². The minimum absolute atomic E-state index is 0.245. The van der Waals surface area contributed by atoms with Crippen molar-refractivity contribution in [1.29, 1.82) is 0 Å². The van der Waals surface area contributed by atoms with Crippen LogP contribution in [0.2, 0.25) is 5.02 Å². The number of carbonyl (C=O) groups excluding carboxylic acids is 3. The van der Waals surface area contributed by atoms with E-state index in [0.29, 0.717) is 4.88 Å². The van der Waals surface area contributed by atoms with E-state index in [1.165, 1.54) is 30.4 Å². The van der Waals surface area contributed by atoms with Gasteiger partial charge in [0.2, 0.25) is 0 Å². The molecule has 0 radical (unpaired) electrons. The molecule has 9 heteroatoms. The molecule has 0 saturated carbocycles. The third kappa shape index (κ3) is 5.22. The fourth-order valence-electron chi connectivity index (χ4n) is 2.50. The molecular formula is C21H17ClFN3O3S. The molecule has 6 nitrogen and oxygen atoms in total. The lowest BCUT2D eigenvalue weighted by atomic mass is 10.2. The van der Waals surface area contributed by atoms with Gasteiger partial charge in [0.1, 0.15) is 11.9 Å². The van der Waals surface area contributed by atoms with E-state index in [1.54, 1.807) is 48.5 Å². The highest BCUT2D eigenvalue weighted by molar-refractivity contribution is 7.17. The summed E-state index contributed by atoms with van der Waals surface area (Å²) in [6, 6.07) is 14.8. The van der Waals surface area contributed by atoms with Crippen molar-refractivity contribution in [1.82, 2.24) is 16.2 Å². The number of hydrazine groups is 1. The Labute approximate surface area is 181 Å². The molecule has 1 atom stereocenters. The zero-order valence-corrected chi connectivity index (χ0v) is 17.3. The molecule has 0 aliphatic heterocycles. The third-order valence-electron chi connectivity index (χ3n) is 4.12. The van der Waals surface area contributed by atoms with Gasteiger partial charge in [0.25, 0.3) is 17.7 Å². The number of carbonyl (C=O) groups is 3. The lowest BCUT2D eigenvalue weighted by Crippen LogP contribution is -2.51. The molecule has 1 aromatic heterocycles. The number of thiophene rings is 1. The van der Waals surface area contributed by atoms with Crippen molar-refractivity contribution in [2.24, 2.45) is 0 Å². The average molecular weight is 446 g/mol. The molecule has 2 aromatic carbocycles. The number of hydrogen-bond acceptors (Lipinski definition) is 4. The van der Waals surface area contributed by atoms with Crippen LogP contribution in [0.3, 0.4) is 0 Å². The predicted octanol–water partition coefficient (Wildman–Crippen LogP) is 3.79. The minimum Gasteiger partial charge on any atom is -0.340 e. The topological polar surface area (TPSA) is 87.3 Å². The van der Waals surface area contributed by atoms with Gasteiger partial charge in [0.15, 0.2) is 0 Å². The first kappa shape index (κ1) is 21.5. The van der Waals surface area contributed by atoms with Crippen molar-refractivity contribution in [3.05, 3.63) is 81.9 Å². The van der Waals surface area contributed by atoms with E-state index in [9.17, 15) is 18.8 Å². The van der Waals surface area contributed by atoms with Crippen LogP contribution in [0.15, 0.2) is 60.7 Å². The van der Waals surface area contributed by atoms with Crippen LogP contribution in [0.1, 0.15) is 27.0 Å². The number of nitrogens with one attached hydrogen (secondary N) is 3. The summed E-state index contributed by atoms with van der Waals surface area (Å²) in [6.45, 7) is 1.48. The fourth-order valence-corrected chi connectivity index (χ4v) is 3.63. The molecule has 3 aromatic rings. The van der Waals surface area contributed by atoms with Crippen LogP contribution in [0.25, 0.3) is 10.4 Å². The Hall–Kier alpha value is -3.23. The maximum Gasteiger partial charge on any atom is 0.279 e. The molecule has 1 heterocycles. The van der Waals surface area contributed by atoms with Crippen molar-refractivity contribution in [3.63, 3.8) is 0 Å². The van der Waals surface area contributed by atoms with Crippen molar-refractivity contribution in [2.75, 3.05) is 0 Å². The predicted molar refractivity (Wildman–Crippen MR) is 114 cm³/mol. The van der Waals surface area contributed by atoms with Crippen LogP contribution in [0.4, 0.5) is 4.39 Å². The van der Waals surface area contributed by atoms with Gasteiger partial charge in [-0.2, -0.15) is 0 Å². The number of rotatable bonds is 5. The first-order valence-corrected chi connectivity index (χ1v) is 10.1. The maximum atomic E-state index is 13.0. The Balaban J connectivity index is 1.54. The van der Waals surface area contributed by atoms with Crippen LogP contribution < -0.4 is 16.2 Å². The summed E-state index contributed by atoms with van der Waals surface area (Å²) in [4.78, 5) is 37.8. The van der Waals surface area contributed by atoms with Gasteiger partial charge < -0.3 is 5.32 Å². The second kappa shape index (κ2) is 9.51. The monoisotopic (exact) mass is 445 g/mol. The molecule has 0 unspecified atom stereocenters. The van der Waals surface area contributed by atoms with Gasteiger partial charge in [-0.05, 0) is 48.9 Å². The molecule has 3 N–H and O–H groups in total. The minimum atomic E-state index is -0.910. The first-order valence-electron chi connectivity index (χ1n) is 8.86. The van der Waals surface area contributed by atoms with Crippen LogP contribution in [-0.2, 0) is 4.79 Å². The highest BCUT2D eigenvalue weighted by Crippen LogP contribution is 2.28. The van der Waals surface area contributed by atoms with E-state index in [2.05, 4.69) is 16.2 Å². The second-order valence-corrected chi connectivity index (χ2v) is 7.78. The van der Waals surface area contributed by atoms with Gasteiger partial charge in [-0.25, -0.2) is 4.39 Å². The van der Waals surface area contributed by atoms with Crippen molar-refractivity contribution in [3.8, 4) is 10.4 Å². The molecule has 154 valence electrons. The summed E-state index contributed by atoms with van der Waals surface area (Å²) in [5.74, 6) is -1.95. The van der Waals surface area contributed by atoms with E-state index in [1.807, 2.05) is 0 Å². The van der Waals surface area contributed by atoms with Gasteiger partial charge in [-0.3, -0.25) is 25.2 Å². The fraction of sp³-hybridized carbons (Fsp3) is 0.0952. The maximum absolute atomic E-state index is 13.0. The molecule has 0 fully saturated rings.